The average Bonchev–Trinajstić information content (AvgIpc) is 2.62. The summed E-state index contributed by atoms with van der Waals surface area (Å²) in [6.07, 6.45) is 0. The van der Waals surface area contributed by atoms with Gasteiger partial charge in [-0.1, -0.05) is 42.5 Å². The summed E-state index contributed by atoms with van der Waals surface area (Å²) in [4.78, 5) is 27.5. The van der Waals surface area contributed by atoms with Crippen LogP contribution in [0.4, 0.5) is 0 Å². The van der Waals surface area contributed by atoms with E-state index in [-0.39, 0.29) is 11.8 Å². The monoisotopic (exact) mass is 308 g/mol. The van der Waals surface area contributed by atoms with Crippen molar-refractivity contribution < 1.29 is 9.59 Å². The van der Waals surface area contributed by atoms with Crippen molar-refractivity contribution in [3.8, 4) is 11.1 Å². The quantitative estimate of drug-likeness (QED) is 0.856. The number of carbonyl (C=O) groups is 2. The number of hydrogen-bond acceptors (Lipinski definition) is 2. The highest BCUT2D eigenvalue weighted by atomic mass is 16.2. The van der Waals surface area contributed by atoms with Gasteiger partial charge in [0.15, 0.2) is 0 Å². The molecule has 0 N–H and O–H groups in total. The molecule has 3 rings (SSSR count). The summed E-state index contributed by atoms with van der Waals surface area (Å²) in [5.74, 6) is 0.108. The molecule has 1 heterocycles. The third-order valence-corrected chi connectivity index (χ3v) is 4.25. The van der Waals surface area contributed by atoms with Crippen molar-refractivity contribution in [1.82, 2.24) is 9.80 Å². The zero-order chi connectivity index (χ0) is 16.2. The van der Waals surface area contributed by atoms with Crippen LogP contribution in [0.25, 0.3) is 11.1 Å². The van der Waals surface area contributed by atoms with E-state index in [2.05, 4.69) is 12.1 Å². The Labute approximate surface area is 136 Å². The molecule has 4 nitrogen and oxygen atoms in total. The van der Waals surface area contributed by atoms with Crippen LogP contribution in [0.15, 0.2) is 54.6 Å². The van der Waals surface area contributed by atoms with Crippen molar-refractivity contribution >= 4 is 11.8 Å². The SMILES string of the molecule is CC(=O)N1CCN(C(=O)c2ccc(-c3ccccc3)cc2)CC1. The number of benzene rings is 2. The Morgan fingerprint density at radius 2 is 1.26 bits per heavy atom. The summed E-state index contributed by atoms with van der Waals surface area (Å²) in [7, 11) is 0. The minimum absolute atomic E-state index is 0.0350. The van der Waals surface area contributed by atoms with Crippen molar-refractivity contribution in [2.45, 2.75) is 6.92 Å². The highest BCUT2D eigenvalue weighted by Crippen LogP contribution is 2.20. The van der Waals surface area contributed by atoms with Crippen LogP contribution in [0.2, 0.25) is 0 Å². The maximum Gasteiger partial charge on any atom is 0.253 e. The van der Waals surface area contributed by atoms with Gasteiger partial charge in [0, 0.05) is 38.7 Å². The molecule has 0 atom stereocenters. The van der Waals surface area contributed by atoms with Crippen molar-refractivity contribution in [2.24, 2.45) is 0 Å². The molecular weight excluding hydrogens is 288 g/mol. The van der Waals surface area contributed by atoms with Gasteiger partial charge in [0.25, 0.3) is 5.91 Å². The topological polar surface area (TPSA) is 40.6 Å². The lowest BCUT2D eigenvalue weighted by Gasteiger charge is -2.34. The van der Waals surface area contributed by atoms with Crippen LogP contribution in [-0.4, -0.2) is 47.8 Å². The third-order valence-electron chi connectivity index (χ3n) is 4.25. The first kappa shape index (κ1) is 15.3. The van der Waals surface area contributed by atoms with Crippen LogP contribution in [0.1, 0.15) is 17.3 Å². The first-order valence-corrected chi connectivity index (χ1v) is 7.85. The second-order valence-corrected chi connectivity index (χ2v) is 5.74. The molecule has 23 heavy (non-hydrogen) atoms. The zero-order valence-electron chi connectivity index (χ0n) is 13.2. The lowest BCUT2D eigenvalue weighted by Crippen LogP contribution is -2.50. The van der Waals surface area contributed by atoms with Crippen LogP contribution in [0.3, 0.4) is 0 Å². The minimum Gasteiger partial charge on any atom is -0.339 e. The number of amides is 2. The van der Waals surface area contributed by atoms with Gasteiger partial charge in [0.1, 0.15) is 0 Å². The summed E-state index contributed by atoms with van der Waals surface area (Å²) in [6, 6.07) is 17.8. The fourth-order valence-corrected chi connectivity index (χ4v) is 2.84. The predicted molar refractivity (Wildman–Crippen MR) is 90.0 cm³/mol. The lowest BCUT2D eigenvalue weighted by molar-refractivity contribution is -0.130. The number of piperazine rings is 1. The molecule has 0 unspecified atom stereocenters. The Morgan fingerprint density at radius 3 is 1.83 bits per heavy atom. The predicted octanol–water partition coefficient (Wildman–Crippen LogP) is 2.66. The van der Waals surface area contributed by atoms with E-state index < -0.39 is 0 Å². The molecule has 4 heteroatoms. The average molecular weight is 308 g/mol. The van der Waals surface area contributed by atoms with Gasteiger partial charge in [0.05, 0.1) is 0 Å². The summed E-state index contributed by atoms with van der Waals surface area (Å²) < 4.78 is 0. The second-order valence-electron chi connectivity index (χ2n) is 5.74. The fourth-order valence-electron chi connectivity index (χ4n) is 2.84. The normalized spacial score (nSPS) is 14.7. The Balaban J connectivity index is 1.68. The first-order chi connectivity index (χ1) is 11.1. The van der Waals surface area contributed by atoms with Gasteiger partial charge in [-0.3, -0.25) is 9.59 Å². The lowest BCUT2D eigenvalue weighted by atomic mass is 10.0. The van der Waals surface area contributed by atoms with Gasteiger partial charge >= 0.3 is 0 Å². The Hall–Kier alpha value is -2.62. The van der Waals surface area contributed by atoms with Gasteiger partial charge in [-0.05, 0) is 23.3 Å². The van der Waals surface area contributed by atoms with E-state index in [0.29, 0.717) is 31.7 Å². The first-order valence-electron chi connectivity index (χ1n) is 7.85. The van der Waals surface area contributed by atoms with E-state index in [1.165, 1.54) is 0 Å². The van der Waals surface area contributed by atoms with Gasteiger partial charge < -0.3 is 9.80 Å². The maximum atomic E-state index is 12.5. The highest BCUT2D eigenvalue weighted by molar-refractivity contribution is 5.95. The van der Waals surface area contributed by atoms with E-state index >= 15 is 0 Å². The van der Waals surface area contributed by atoms with E-state index in [9.17, 15) is 9.59 Å². The standard InChI is InChI=1S/C19H20N2O2/c1-15(22)20-11-13-21(14-12-20)19(23)18-9-7-17(8-10-18)16-5-3-2-4-6-16/h2-10H,11-14H2,1H3. The number of hydrogen-bond donors (Lipinski definition) is 0. The second kappa shape index (κ2) is 6.65. The Kier molecular flexibility index (Phi) is 4.42. The van der Waals surface area contributed by atoms with Gasteiger partial charge in [0.2, 0.25) is 5.91 Å². The Bertz CT molecular complexity index is 687. The molecule has 2 aromatic carbocycles. The van der Waals surface area contributed by atoms with E-state index in [1.807, 2.05) is 47.4 Å². The van der Waals surface area contributed by atoms with Crippen LogP contribution >= 0.6 is 0 Å². The summed E-state index contributed by atoms with van der Waals surface area (Å²) >= 11 is 0. The minimum atomic E-state index is 0.0350. The largest absolute Gasteiger partial charge is 0.339 e. The van der Waals surface area contributed by atoms with Crippen molar-refractivity contribution in [1.29, 1.82) is 0 Å². The molecule has 0 radical (unpaired) electrons. The van der Waals surface area contributed by atoms with E-state index in [0.717, 1.165) is 11.1 Å². The van der Waals surface area contributed by atoms with Gasteiger partial charge in [-0.25, -0.2) is 0 Å². The van der Waals surface area contributed by atoms with Gasteiger partial charge in [-0.15, -0.1) is 0 Å². The van der Waals surface area contributed by atoms with E-state index in [1.54, 1.807) is 11.8 Å². The maximum absolute atomic E-state index is 12.5. The number of rotatable bonds is 2. The molecular formula is C19H20N2O2. The molecule has 0 spiro atoms. The smallest absolute Gasteiger partial charge is 0.253 e. The summed E-state index contributed by atoms with van der Waals surface area (Å²) in [5, 5.41) is 0. The molecule has 0 bridgehead atoms. The number of nitrogens with zero attached hydrogens (tertiary/aromatic N) is 2. The molecule has 1 fully saturated rings. The summed E-state index contributed by atoms with van der Waals surface area (Å²) in [5.41, 5.74) is 2.94. The third kappa shape index (κ3) is 3.42. The van der Waals surface area contributed by atoms with Gasteiger partial charge in [-0.2, -0.15) is 0 Å². The van der Waals surface area contributed by atoms with Crippen molar-refractivity contribution in [3.63, 3.8) is 0 Å². The van der Waals surface area contributed by atoms with Crippen molar-refractivity contribution in [3.05, 3.63) is 60.2 Å². The molecule has 2 amide bonds. The molecule has 0 saturated carbocycles. The van der Waals surface area contributed by atoms with Crippen molar-refractivity contribution in [2.75, 3.05) is 26.2 Å². The molecule has 0 aromatic heterocycles. The molecule has 1 saturated heterocycles. The molecule has 0 aliphatic carbocycles. The fraction of sp³-hybridized carbons (Fsp3) is 0.263. The highest BCUT2D eigenvalue weighted by Gasteiger charge is 2.23. The van der Waals surface area contributed by atoms with Crippen LogP contribution in [-0.2, 0) is 4.79 Å². The zero-order valence-corrected chi connectivity index (χ0v) is 13.2. The molecule has 118 valence electrons. The molecule has 1 aliphatic rings. The molecule has 1 aliphatic heterocycles. The van der Waals surface area contributed by atoms with Crippen LogP contribution in [0.5, 0.6) is 0 Å². The van der Waals surface area contributed by atoms with Crippen LogP contribution < -0.4 is 0 Å². The summed E-state index contributed by atoms with van der Waals surface area (Å²) in [6.45, 7) is 3.99. The molecule has 2 aromatic rings. The number of carbonyl (C=O) groups excluding carboxylic acids is 2. The van der Waals surface area contributed by atoms with E-state index in [4.69, 9.17) is 0 Å². The Morgan fingerprint density at radius 1 is 0.739 bits per heavy atom. The van der Waals surface area contributed by atoms with Crippen LogP contribution in [0, 0.1) is 0 Å².